The maximum Gasteiger partial charge on any atom is 0.435 e. The number of aromatic carboxylic acids is 2. The summed E-state index contributed by atoms with van der Waals surface area (Å²) in [5.41, 5.74) is -3.27. The Kier molecular flexibility index (Phi) is 2.65. The van der Waals surface area contributed by atoms with Gasteiger partial charge in [0.15, 0.2) is 22.7 Å². The van der Waals surface area contributed by atoms with Crippen LogP contribution in [0.3, 0.4) is 0 Å². The fourth-order valence-electron chi connectivity index (χ4n) is 1.37. The summed E-state index contributed by atoms with van der Waals surface area (Å²) in [4.78, 5) is 25.0. The molecule has 0 unspecified atom stereocenters. The van der Waals surface area contributed by atoms with Gasteiger partial charge in [-0.25, -0.2) is 19.1 Å². The molecular weight excluding hydrogens is 271 g/mol. The summed E-state index contributed by atoms with van der Waals surface area (Å²) >= 11 is 0. The molecule has 2 aromatic heterocycles. The number of carbonyl (C=O) groups is 2. The first-order chi connectivity index (χ1) is 8.70. The van der Waals surface area contributed by atoms with Gasteiger partial charge in [-0.05, 0) is 0 Å². The molecular formula is C9H4F3N3O4. The average Bonchev–Trinajstić information content (AvgIpc) is 2.70. The zero-order valence-electron chi connectivity index (χ0n) is 8.84. The summed E-state index contributed by atoms with van der Waals surface area (Å²) in [6.07, 6.45) is -4.78. The standard InChI is InChI=1S/C9H4F3N3O4/c10-9(11,12)5-2-6-13-3(7(16)17)1-4(8(18)19)15(6)14-5/h1-2H,(H,16,17)(H,18,19). The third kappa shape index (κ3) is 2.19. The van der Waals surface area contributed by atoms with E-state index in [1.165, 1.54) is 0 Å². The lowest BCUT2D eigenvalue weighted by Crippen LogP contribution is -2.12. The first-order valence-corrected chi connectivity index (χ1v) is 4.65. The Bertz CT molecular complexity index is 692. The van der Waals surface area contributed by atoms with Crippen LogP contribution in [0.1, 0.15) is 26.7 Å². The van der Waals surface area contributed by atoms with Crippen molar-refractivity contribution in [1.82, 2.24) is 14.6 Å². The molecule has 0 aromatic carbocycles. The molecule has 2 rings (SSSR count). The lowest BCUT2D eigenvalue weighted by molar-refractivity contribution is -0.141. The second-order valence-electron chi connectivity index (χ2n) is 3.43. The average molecular weight is 275 g/mol. The minimum Gasteiger partial charge on any atom is -0.477 e. The van der Waals surface area contributed by atoms with E-state index in [0.29, 0.717) is 16.6 Å². The van der Waals surface area contributed by atoms with Crippen molar-refractivity contribution in [3.8, 4) is 0 Å². The molecule has 0 bridgehead atoms. The number of nitrogens with zero attached hydrogens (tertiary/aromatic N) is 3. The lowest BCUT2D eigenvalue weighted by atomic mass is 10.3. The van der Waals surface area contributed by atoms with Crippen molar-refractivity contribution in [2.24, 2.45) is 0 Å². The fraction of sp³-hybridized carbons (Fsp3) is 0.111. The molecule has 2 heterocycles. The van der Waals surface area contributed by atoms with Gasteiger partial charge in [0.2, 0.25) is 0 Å². The van der Waals surface area contributed by atoms with Crippen molar-refractivity contribution in [3.05, 3.63) is 29.2 Å². The molecule has 100 valence electrons. The van der Waals surface area contributed by atoms with Gasteiger partial charge in [-0.3, -0.25) is 0 Å². The van der Waals surface area contributed by atoms with Gasteiger partial charge in [-0.1, -0.05) is 0 Å². The number of alkyl halides is 3. The highest BCUT2D eigenvalue weighted by molar-refractivity contribution is 5.92. The lowest BCUT2D eigenvalue weighted by Gasteiger charge is -2.01. The van der Waals surface area contributed by atoms with Crippen molar-refractivity contribution < 1.29 is 33.0 Å². The highest BCUT2D eigenvalue weighted by Gasteiger charge is 2.35. The van der Waals surface area contributed by atoms with Crippen molar-refractivity contribution in [3.63, 3.8) is 0 Å². The molecule has 0 radical (unpaired) electrons. The van der Waals surface area contributed by atoms with Crippen LogP contribution < -0.4 is 0 Å². The first kappa shape index (κ1) is 12.8. The maximum atomic E-state index is 12.5. The van der Waals surface area contributed by atoms with E-state index in [0.717, 1.165) is 0 Å². The van der Waals surface area contributed by atoms with Crippen LogP contribution in [-0.4, -0.2) is 36.7 Å². The largest absolute Gasteiger partial charge is 0.477 e. The molecule has 0 saturated heterocycles. The highest BCUT2D eigenvalue weighted by atomic mass is 19.4. The van der Waals surface area contributed by atoms with E-state index in [1.807, 2.05) is 0 Å². The minimum atomic E-state index is -4.78. The van der Waals surface area contributed by atoms with E-state index in [-0.39, 0.29) is 0 Å². The van der Waals surface area contributed by atoms with E-state index in [9.17, 15) is 22.8 Å². The maximum absolute atomic E-state index is 12.5. The minimum absolute atomic E-state index is 0.428. The molecule has 19 heavy (non-hydrogen) atoms. The molecule has 0 aliphatic carbocycles. The monoisotopic (exact) mass is 275 g/mol. The zero-order valence-corrected chi connectivity index (χ0v) is 8.84. The molecule has 0 saturated carbocycles. The number of hydrogen-bond acceptors (Lipinski definition) is 4. The van der Waals surface area contributed by atoms with Gasteiger partial charge < -0.3 is 10.2 Å². The molecule has 0 aliphatic rings. The normalized spacial score (nSPS) is 11.7. The Labute approximate surface area is 101 Å². The number of hydrogen-bond donors (Lipinski definition) is 2. The summed E-state index contributed by atoms with van der Waals surface area (Å²) in [6, 6.07) is 1.10. The predicted octanol–water partition coefficient (Wildman–Crippen LogP) is 1.14. The third-order valence-electron chi connectivity index (χ3n) is 2.16. The molecule has 10 heteroatoms. The molecule has 0 aliphatic heterocycles. The quantitative estimate of drug-likeness (QED) is 0.851. The second kappa shape index (κ2) is 3.93. The van der Waals surface area contributed by atoms with Gasteiger partial charge in [0.25, 0.3) is 0 Å². The van der Waals surface area contributed by atoms with Crippen molar-refractivity contribution in [2.75, 3.05) is 0 Å². The Hall–Kier alpha value is -2.65. The first-order valence-electron chi connectivity index (χ1n) is 4.65. The zero-order chi connectivity index (χ0) is 14.4. The Morgan fingerprint density at radius 2 is 1.79 bits per heavy atom. The van der Waals surface area contributed by atoms with E-state index in [2.05, 4.69) is 10.1 Å². The SMILES string of the molecule is O=C(O)c1cc(C(=O)O)n2nc(C(F)(F)F)cc2n1. The Balaban J connectivity index is 2.79. The van der Waals surface area contributed by atoms with Gasteiger partial charge in [-0.2, -0.15) is 18.3 Å². The molecule has 7 nitrogen and oxygen atoms in total. The van der Waals surface area contributed by atoms with Crippen LogP contribution in [0.2, 0.25) is 0 Å². The van der Waals surface area contributed by atoms with Crippen LogP contribution in [0.5, 0.6) is 0 Å². The van der Waals surface area contributed by atoms with Gasteiger partial charge in [0.1, 0.15) is 0 Å². The molecule has 2 N–H and O–H groups in total. The summed E-state index contributed by atoms with van der Waals surface area (Å²) in [6.45, 7) is 0. The Morgan fingerprint density at radius 3 is 2.26 bits per heavy atom. The van der Waals surface area contributed by atoms with E-state index >= 15 is 0 Å². The molecule has 0 amide bonds. The number of carboxylic acids is 2. The summed E-state index contributed by atoms with van der Waals surface area (Å²) < 4.78 is 37.8. The topological polar surface area (TPSA) is 105 Å². The van der Waals surface area contributed by atoms with Gasteiger partial charge in [0, 0.05) is 12.1 Å². The molecule has 0 fully saturated rings. The molecule has 2 aromatic rings. The smallest absolute Gasteiger partial charge is 0.435 e. The Morgan fingerprint density at radius 1 is 1.16 bits per heavy atom. The summed E-state index contributed by atoms with van der Waals surface area (Å²) in [5.74, 6) is -3.17. The van der Waals surface area contributed by atoms with Crippen LogP contribution in [0.15, 0.2) is 12.1 Å². The number of carboxylic acid groups (broad SMARTS) is 2. The van der Waals surface area contributed by atoms with Gasteiger partial charge in [-0.15, -0.1) is 0 Å². The summed E-state index contributed by atoms with van der Waals surface area (Å²) in [5, 5.41) is 20.6. The van der Waals surface area contributed by atoms with E-state index in [4.69, 9.17) is 10.2 Å². The summed E-state index contributed by atoms with van der Waals surface area (Å²) in [7, 11) is 0. The van der Waals surface area contributed by atoms with Crippen molar-refractivity contribution in [2.45, 2.75) is 6.18 Å². The second-order valence-corrected chi connectivity index (χ2v) is 3.43. The third-order valence-corrected chi connectivity index (χ3v) is 2.16. The van der Waals surface area contributed by atoms with Crippen LogP contribution in [0.4, 0.5) is 13.2 Å². The number of halogens is 3. The molecule has 0 atom stereocenters. The number of rotatable bonds is 2. The van der Waals surface area contributed by atoms with Crippen molar-refractivity contribution >= 4 is 17.6 Å². The van der Waals surface area contributed by atoms with Gasteiger partial charge in [0.05, 0.1) is 0 Å². The van der Waals surface area contributed by atoms with E-state index in [1.54, 1.807) is 0 Å². The van der Waals surface area contributed by atoms with Crippen molar-refractivity contribution in [1.29, 1.82) is 0 Å². The van der Waals surface area contributed by atoms with Crippen LogP contribution in [0.25, 0.3) is 5.65 Å². The predicted molar refractivity (Wildman–Crippen MR) is 51.9 cm³/mol. The number of aromatic nitrogens is 3. The number of fused-ring (bicyclic) bond motifs is 1. The highest BCUT2D eigenvalue weighted by Crippen LogP contribution is 2.28. The fourth-order valence-corrected chi connectivity index (χ4v) is 1.37. The van der Waals surface area contributed by atoms with Gasteiger partial charge >= 0.3 is 18.1 Å². The molecule has 0 spiro atoms. The van der Waals surface area contributed by atoms with Crippen LogP contribution >= 0.6 is 0 Å². The van der Waals surface area contributed by atoms with E-state index < -0.39 is 40.8 Å². The van der Waals surface area contributed by atoms with Crippen LogP contribution in [0, 0.1) is 0 Å². The van der Waals surface area contributed by atoms with Crippen LogP contribution in [-0.2, 0) is 6.18 Å².